The summed E-state index contributed by atoms with van der Waals surface area (Å²) >= 11 is 6.97. The molecule has 0 saturated heterocycles. The van der Waals surface area contributed by atoms with Gasteiger partial charge in [0, 0.05) is 46.1 Å². The zero-order valence-corrected chi connectivity index (χ0v) is 45.9. The Morgan fingerprint density at radius 1 is 0.750 bits per heavy atom. The quantitative estimate of drug-likeness (QED) is 0.0764. The number of hydrogen-bond donors (Lipinski definition) is 7. The Bertz CT molecular complexity index is 3490. The molecule has 0 radical (unpaired) electrons. The third-order valence-corrected chi connectivity index (χ3v) is 16.4. The normalized spacial score (nSPS) is 15.7. The van der Waals surface area contributed by atoms with Crippen molar-refractivity contribution in [2.45, 2.75) is 64.5 Å². The van der Waals surface area contributed by atoms with Gasteiger partial charge in [-0.05, 0) is 45.4 Å². The molecule has 28 heteroatoms. The van der Waals surface area contributed by atoms with Crippen LogP contribution in [-0.2, 0) is 25.7 Å². The van der Waals surface area contributed by atoms with Crippen LogP contribution in [0.3, 0.4) is 0 Å². The number of carbonyl (C=O) groups excluding carboxylic acids is 6. The Morgan fingerprint density at radius 3 is 2.24 bits per heavy atom. The summed E-state index contributed by atoms with van der Waals surface area (Å²) in [5.74, 6) is -2.82. The smallest absolute Gasteiger partial charge is 0.413 e. The number of carbonyl (C=O) groups is 6. The van der Waals surface area contributed by atoms with Crippen LogP contribution in [0.25, 0.3) is 43.4 Å². The molecule has 6 amide bonds. The molecule has 0 spiro atoms. The van der Waals surface area contributed by atoms with Gasteiger partial charge in [0.25, 0.3) is 17.7 Å². The fraction of sp³-hybridized carbons (Fsp3) is 0.271. The fourth-order valence-electron chi connectivity index (χ4n) is 7.38. The highest BCUT2D eigenvalue weighted by Crippen LogP contribution is 2.40. The number of nitrogens with zero attached hydrogens (tertiary/aromatic N) is 7. The average Bonchev–Trinajstić information content (AvgIpc) is 4.27. The molecule has 76 heavy (non-hydrogen) atoms. The Hall–Kier alpha value is -7.31. The van der Waals surface area contributed by atoms with Gasteiger partial charge in [0.2, 0.25) is 11.8 Å². The monoisotopic (exact) mass is 1140 g/mol. The van der Waals surface area contributed by atoms with Crippen LogP contribution >= 0.6 is 68.0 Å². The van der Waals surface area contributed by atoms with Crippen molar-refractivity contribution < 1.29 is 43.3 Å². The minimum absolute atomic E-state index is 0.00651. The number of nitrogens with one attached hydrogen (secondary N) is 6. The number of thiazole rings is 6. The standard InChI is InChI=1S/C48H45N13O9S6/c1-21-33-40(67)61-46-60-35(29(76-46)16-69-6)39(66)50-15-32(63)58-36(37(64)22-10-8-7-9-11-22)45-55-28(19-73-45)43-53-26(17-72-43)34-23(12-13-24(51-34)42-56-30(20-74-42)57-47(68)70-48(2,3)4)41-54-27(18-71-41)38(65)52-25(14-31(62)49-5)44(59-33)75-21/h7-13,17-20,25,36-37,64H,14-16H2,1-6H3,(H,49,62)(H,50,66)(H,52,65)(H,57,68)(H,58,63)(H,60,61,67)/t25-,36-,37-/m0/s1. The van der Waals surface area contributed by atoms with Gasteiger partial charge in [-0.3, -0.25) is 34.6 Å². The molecule has 1 aliphatic rings. The lowest BCUT2D eigenvalue weighted by Crippen LogP contribution is -2.40. The van der Waals surface area contributed by atoms with E-state index in [1.165, 1.54) is 59.5 Å². The van der Waals surface area contributed by atoms with Crippen molar-refractivity contribution in [3.05, 3.63) is 106 Å². The van der Waals surface area contributed by atoms with Gasteiger partial charge in [-0.25, -0.2) is 39.7 Å². The Balaban J connectivity index is 1.12. The molecule has 7 aromatic heterocycles. The highest BCUT2D eigenvalue weighted by molar-refractivity contribution is 7.16. The van der Waals surface area contributed by atoms with E-state index in [4.69, 9.17) is 29.4 Å². The Morgan fingerprint density at radius 2 is 1.47 bits per heavy atom. The summed E-state index contributed by atoms with van der Waals surface area (Å²) in [5, 5.41) is 36.8. The maximum atomic E-state index is 14.1. The average molecular weight is 1140 g/mol. The summed E-state index contributed by atoms with van der Waals surface area (Å²) in [6, 6.07) is 10.2. The number of pyridine rings is 1. The lowest BCUT2D eigenvalue weighted by molar-refractivity contribution is -0.122. The van der Waals surface area contributed by atoms with Crippen molar-refractivity contribution in [1.82, 2.24) is 56.2 Å². The molecule has 0 unspecified atom stereocenters. The Labute approximate surface area is 456 Å². The van der Waals surface area contributed by atoms with E-state index in [9.17, 15) is 33.9 Å². The van der Waals surface area contributed by atoms with Crippen LogP contribution in [0.5, 0.6) is 0 Å². The molecule has 392 valence electrons. The van der Waals surface area contributed by atoms with Crippen molar-refractivity contribution in [1.29, 1.82) is 0 Å². The molecule has 0 saturated carbocycles. The SMILES string of the molecule is CNC(=O)C[C@@H]1NC(=O)c2csc(n2)-c2ccc(-c3nc(NC(=O)OC(C)(C)C)cs3)nc2-c2csc(n2)-c2csc(n2)[C@H]([C@@H](O)c2ccccc2)NC(=O)CNC(=O)c2nc(sc2COC)NC(=O)c2nc1sc2C. The number of amides is 6. The van der Waals surface area contributed by atoms with E-state index in [0.717, 1.165) is 22.7 Å². The van der Waals surface area contributed by atoms with Gasteiger partial charge in [-0.15, -0.1) is 56.7 Å². The van der Waals surface area contributed by atoms with E-state index >= 15 is 0 Å². The van der Waals surface area contributed by atoms with Crippen LogP contribution in [0, 0.1) is 6.92 Å². The number of anilines is 2. The molecule has 8 aromatic rings. The molecule has 1 aliphatic heterocycles. The van der Waals surface area contributed by atoms with Gasteiger partial charge in [-0.2, -0.15) is 0 Å². The first-order chi connectivity index (χ1) is 36.4. The first kappa shape index (κ1) is 53.5. The van der Waals surface area contributed by atoms with Crippen molar-refractivity contribution in [3.63, 3.8) is 0 Å². The summed E-state index contributed by atoms with van der Waals surface area (Å²) in [5.41, 5.74) is 1.87. The second kappa shape index (κ2) is 22.9. The lowest BCUT2D eigenvalue weighted by Gasteiger charge is -2.23. The van der Waals surface area contributed by atoms with Crippen molar-refractivity contribution >= 4 is 115 Å². The number of benzene rings is 1. The molecule has 7 N–H and O–H groups in total. The van der Waals surface area contributed by atoms with Gasteiger partial charge >= 0.3 is 6.09 Å². The number of fused-ring (bicyclic) bond motifs is 14. The first-order valence-corrected chi connectivity index (χ1v) is 28.0. The number of hydrogen-bond acceptors (Lipinski definition) is 22. The second-order valence-corrected chi connectivity index (χ2v) is 23.3. The van der Waals surface area contributed by atoms with Crippen LogP contribution in [0.2, 0.25) is 0 Å². The Kier molecular flexibility index (Phi) is 16.1. The van der Waals surface area contributed by atoms with E-state index in [1.54, 1.807) is 91.7 Å². The van der Waals surface area contributed by atoms with E-state index in [-0.39, 0.29) is 46.1 Å². The number of aryl methyl sites for hydroxylation is 1. The summed E-state index contributed by atoms with van der Waals surface area (Å²) in [4.78, 5) is 115. The molecule has 10 bridgehead atoms. The van der Waals surface area contributed by atoms with Gasteiger partial charge < -0.3 is 35.8 Å². The van der Waals surface area contributed by atoms with Gasteiger partial charge in [-0.1, -0.05) is 41.7 Å². The number of ether oxygens (including phenoxy) is 2. The maximum absolute atomic E-state index is 14.1. The number of rotatable bonds is 8. The molecule has 22 nitrogen and oxygen atoms in total. The molecular weight excluding hydrogens is 1100 g/mol. The number of aliphatic hydroxyl groups excluding tert-OH is 1. The minimum atomic E-state index is -1.27. The van der Waals surface area contributed by atoms with E-state index in [0.29, 0.717) is 63.7 Å². The van der Waals surface area contributed by atoms with Crippen molar-refractivity contribution in [2.75, 3.05) is 31.3 Å². The third kappa shape index (κ3) is 12.3. The molecule has 9 rings (SSSR count). The lowest BCUT2D eigenvalue weighted by atomic mass is 10.0. The summed E-state index contributed by atoms with van der Waals surface area (Å²) in [6.07, 6.45) is -2.16. The zero-order valence-electron chi connectivity index (χ0n) is 41.0. The highest BCUT2D eigenvalue weighted by Gasteiger charge is 2.31. The van der Waals surface area contributed by atoms with Gasteiger partial charge in [0.1, 0.15) is 82.8 Å². The van der Waals surface area contributed by atoms with Gasteiger partial charge in [0.15, 0.2) is 5.13 Å². The maximum Gasteiger partial charge on any atom is 0.413 e. The fourth-order valence-corrected chi connectivity index (χ4v) is 12.5. The zero-order chi connectivity index (χ0) is 53.8. The summed E-state index contributed by atoms with van der Waals surface area (Å²) in [6.45, 7) is 6.35. The number of aliphatic hydroxyl groups is 1. The van der Waals surface area contributed by atoms with Gasteiger partial charge in [0.05, 0.1) is 36.2 Å². The van der Waals surface area contributed by atoms with E-state index in [1.807, 2.05) is 0 Å². The molecule has 8 heterocycles. The predicted octanol–water partition coefficient (Wildman–Crippen LogP) is 7.78. The van der Waals surface area contributed by atoms with Crippen LogP contribution in [0.4, 0.5) is 15.7 Å². The van der Waals surface area contributed by atoms with Crippen LogP contribution in [0.15, 0.2) is 64.0 Å². The first-order valence-electron chi connectivity index (χ1n) is 22.9. The molecule has 0 fully saturated rings. The van der Waals surface area contributed by atoms with Crippen molar-refractivity contribution in [3.8, 4) is 43.4 Å². The minimum Gasteiger partial charge on any atom is -0.444 e. The second-order valence-electron chi connectivity index (χ2n) is 17.5. The molecule has 0 aliphatic carbocycles. The third-order valence-electron chi connectivity index (χ3n) is 10.9. The van der Waals surface area contributed by atoms with E-state index in [2.05, 4.69) is 46.9 Å². The van der Waals surface area contributed by atoms with E-state index < -0.39 is 66.0 Å². The summed E-state index contributed by atoms with van der Waals surface area (Å²) < 4.78 is 10.7. The van der Waals surface area contributed by atoms with Crippen LogP contribution < -0.4 is 31.9 Å². The van der Waals surface area contributed by atoms with Crippen LogP contribution in [0.1, 0.15) is 102 Å². The predicted molar refractivity (Wildman–Crippen MR) is 290 cm³/mol. The van der Waals surface area contributed by atoms with Crippen LogP contribution in [-0.4, -0.2) is 102 Å². The number of methoxy groups -OCH3 is 1. The summed E-state index contributed by atoms with van der Waals surface area (Å²) in [7, 11) is 2.89. The number of aromatic nitrogens is 7. The highest BCUT2D eigenvalue weighted by atomic mass is 32.1. The van der Waals surface area contributed by atoms with Crippen molar-refractivity contribution in [2.24, 2.45) is 0 Å². The molecule has 3 atom stereocenters. The topological polar surface area (TPSA) is 304 Å². The molecule has 1 aromatic carbocycles. The largest absolute Gasteiger partial charge is 0.444 e. The molecular formula is C48H45N13O9S6.